The van der Waals surface area contributed by atoms with E-state index in [0.717, 1.165) is 12.4 Å². The van der Waals surface area contributed by atoms with Crippen molar-refractivity contribution in [1.29, 1.82) is 0 Å². The maximum absolute atomic E-state index is 5.78. The zero-order valence-electron chi connectivity index (χ0n) is 9.51. The van der Waals surface area contributed by atoms with Gasteiger partial charge in [0.1, 0.15) is 0 Å². The first kappa shape index (κ1) is 12.3. The van der Waals surface area contributed by atoms with E-state index >= 15 is 0 Å². The minimum atomic E-state index is 0.622. The van der Waals surface area contributed by atoms with Crippen molar-refractivity contribution in [3.05, 3.63) is 0 Å². The Morgan fingerprint density at radius 3 is 2.36 bits per heavy atom. The second-order valence-corrected chi connectivity index (χ2v) is 4.75. The molecule has 0 spiro atoms. The Morgan fingerprint density at radius 1 is 1.21 bits per heavy atom. The second-order valence-electron chi connectivity index (χ2n) is 4.37. The van der Waals surface area contributed by atoms with Gasteiger partial charge >= 0.3 is 0 Å². The zero-order chi connectivity index (χ0) is 10.4. The largest absolute Gasteiger partial charge is 0.302 e. The van der Waals surface area contributed by atoms with E-state index in [2.05, 4.69) is 23.6 Å². The molecule has 2 nitrogen and oxygen atoms in total. The molecule has 0 amide bonds. The molecule has 1 aliphatic heterocycles. The summed E-state index contributed by atoms with van der Waals surface area (Å²) in [5, 5.41) is 0. The highest BCUT2D eigenvalue weighted by Crippen LogP contribution is 2.07. The van der Waals surface area contributed by atoms with Crippen LogP contribution < -0.4 is 0 Å². The fourth-order valence-electron chi connectivity index (χ4n) is 2.01. The summed E-state index contributed by atoms with van der Waals surface area (Å²) in [6, 6.07) is 0.622. The van der Waals surface area contributed by atoms with Crippen molar-refractivity contribution in [2.75, 3.05) is 38.6 Å². The van der Waals surface area contributed by atoms with Crippen LogP contribution in [-0.2, 0) is 0 Å². The molecule has 1 saturated heterocycles. The van der Waals surface area contributed by atoms with Crippen LogP contribution in [0.1, 0.15) is 26.7 Å². The fourth-order valence-corrected chi connectivity index (χ4v) is 2.23. The van der Waals surface area contributed by atoms with Gasteiger partial charge in [-0.15, -0.1) is 11.6 Å². The standard InChI is InChI=1S/C11H23ClN2/c1-11(2)14(8-5-12)10-9-13-6-3-4-7-13/h11H,3-10H2,1-2H3. The van der Waals surface area contributed by atoms with Gasteiger partial charge in [0.2, 0.25) is 0 Å². The van der Waals surface area contributed by atoms with E-state index in [1.165, 1.54) is 39.0 Å². The maximum Gasteiger partial charge on any atom is 0.0351 e. The molecule has 0 bridgehead atoms. The van der Waals surface area contributed by atoms with Crippen LogP contribution in [0.4, 0.5) is 0 Å². The third-order valence-corrected chi connectivity index (χ3v) is 3.17. The highest BCUT2D eigenvalue weighted by Gasteiger charge is 2.14. The predicted octanol–water partition coefficient (Wildman–Crippen LogP) is 2.03. The topological polar surface area (TPSA) is 6.48 Å². The van der Waals surface area contributed by atoms with Crippen molar-refractivity contribution in [3.8, 4) is 0 Å². The lowest BCUT2D eigenvalue weighted by Gasteiger charge is -2.27. The lowest BCUT2D eigenvalue weighted by molar-refractivity contribution is 0.198. The summed E-state index contributed by atoms with van der Waals surface area (Å²) in [4.78, 5) is 5.02. The molecule has 0 aromatic carbocycles. The van der Waals surface area contributed by atoms with Gasteiger partial charge in [-0.05, 0) is 39.8 Å². The summed E-state index contributed by atoms with van der Waals surface area (Å²) in [5.74, 6) is 0.748. The molecule has 14 heavy (non-hydrogen) atoms. The molecule has 1 rings (SSSR count). The normalized spacial score (nSPS) is 18.6. The van der Waals surface area contributed by atoms with Crippen LogP contribution >= 0.6 is 11.6 Å². The number of rotatable bonds is 6. The van der Waals surface area contributed by atoms with E-state index in [9.17, 15) is 0 Å². The van der Waals surface area contributed by atoms with E-state index in [4.69, 9.17) is 11.6 Å². The Hall–Kier alpha value is 0.210. The molecule has 0 atom stereocenters. The summed E-state index contributed by atoms with van der Waals surface area (Å²) >= 11 is 5.78. The van der Waals surface area contributed by atoms with Crippen LogP contribution in [0.15, 0.2) is 0 Å². The van der Waals surface area contributed by atoms with Crippen LogP contribution in [0.5, 0.6) is 0 Å². The van der Waals surface area contributed by atoms with E-state index in [0.29, 0.717) is 6.04 Å². The van der Waals surface area contributed by atoms with E-state index < -0.39 is 0 Å². The van der Waals surface area contributed by atoms with Crippen LogP contribution in [0.3, 0.4) is 0 Å². The number of halogens is 1. The first-order valence-electron chi connectivity index (χ1n) is 5.76. The van der Waals surface area contributed by atoms with Gasteiger partial charge in [-0.2, -0.15) is 0 Å². The van der Waals surface area contributed by atoms with Gasteiger partial charge in [-0.1, -0.05) is 0 Å². The quantitative estimate of drug-likeness (QED) is 0.630. The molecule has 1 fully saturated rings. The Labute approximate surface area is 93.2 Å². The lowest BCUT2D eigenvalue weighted by atomic mass is 10.3. The van der Waals surface area contributed by atoms with Gasteiger partial charge in [-0.3, -0.25) is 4.90 Å². The fraction of sp³-hybridized carbons (Fsp3) is 1.00. The highest BCUT2D eigenvalue weighted by atomic mass is 35.5. The minimum absolute atomic E-state index is 0.622. The Kier molecular flexibility index (Phi) is 5.83. The van der Waals surface area contributed by atoms with Gasteiger partial charge in [-0.25, -0.2) is 0 Å². The lowest BCUT2D eigenvalue weighted by Crippen LogP contribution is -2.39. The van der Waals surface area contributed by atoms with Crippen molar-refractivity contribution in [3.63, 3.8) is 0 Å². The molecule has 0 radical (unpaired) electrons. The van der Waals surface area contributed by atoms with E-state index in [-0.39, 0.29) is 0 Å². The molecule has 1 heterocycles. The summed E-state index contributed by atoms with van der Waals surface area (Å²) in [5.41, 5.74) is 0. The monoisotopic (exact) mass is 218 g/mol. The van der Waals surface area contributed by atoms with Crippen LogP contribution in [-0.4, -0.2) is 54.4 Å². The number of likely N-dealkylation sites (tertiary alicyclic amines) is 1. The van der Waals surface area contributed by atoms with E-state index in [1.807, 2.05) is 0 Å². The molecule has 0 unspecified atom stereocenters. The summed E-state index contributed by atoms with van der Waals surface area (Å²) in [6.45, 7) is 10.5. The predicted molar refractivity (Wildman–Crippen MR) is 63.1 cm³/mol. The van der Waals surface area contributed by atoms with E-state index in [1.54, 1.807) is 0 Å². The highest BCUT2D eigenvalue weighted by molar-refractivity contribution is 6.18. The van der Waals surface area contributed by atoms with Crippen LogP contribution in [0.2, 0.25) is 0 Å². The first-order valence-corrected chi connectivity index (χ1v) is 6.30. The Bertz CT molecular complexity index is 144. The third kappa shape index (κ3) is 4.16. The molecular formula is C11H23ClN2. The van der Waals surface area contributed by atoms with Crippen LogP contribution in [0, 0.1) is 0 Å². The van der Waals surface area contributed by atoms with Crippen molar-refractivity contribution in [2.45, 2.75) is 32.7 Å². The summed E-state index contributed by atoms with van der Waals surface area (Å²) < 4.78 is 0. The molecule has 0 saturated carbocycles. The smallest absolute Gasteiger partial charge is 0.0351 e. The minimum Gasteiger partial charge on any atom is -0.302 e. The summed E-state index contributed by atoms with van der Waals surface area (Å²) in [7, 11) is 0. The second kappa shape index (κ2) is 6.65. The van der Waals surface area contributed by atoms with Crippen molar-refractivity contribution >= 4 is 11.6 Å². The molecule has 0 aromatic heterocycles. The molecule has 1 aliphatic rings. The number of hydrogen-bond donors (Lipinski definition) is 0. The first-order chi connectivity index (χ1) is 6.74. The Morgan fingerprint density at radius 2 is 1.86 bits per heavy atom. The molecule has 0 aliphatic carbocycles. The van der Waals surface area contributed by atoms with Crippen molar-refractivity contribution in [1.82, 2.24) is 9.80 Å². The molecular weight excluding hydrogens is 196 g/mol. The molecule has 84 valence electrons. The number of nitrogens with zero attached hydrogens (tertiary/aromatic N) is 2. The van der Waals surface area contributed by atoms with Crippen LogP contribution in [0.25, 0.3) is 0 Å². The Balaban J connectivity index is 2.17. The van der Waals surface area contributed by atoms with Gasteiger partial charge in [0, 0.05) is 31.6 Å². The average Bonchev–Trinajstić information content (AvgIpc) is 2.64. The zero-order valence-corrected chi connectivity index (χ0v) is 10.3. The third-order valence-electron chi connectivity index (χ3n) is 3.00. The van der Waals surface area contributed by atoms with Gasteiger partial charge in [0.15, 0.2) is 0 Å². The van der Waals surface area contributed by atoms with Crippen molar-refractivity contribution < 1.29 is 0 Å². The van der Waals surface area contributed by atoms with Gasteiger partial charge in [0.25, 0.3) is 0 Å². The summed E-state index contributed by atoms with van der Waals surface area (Å²) in [6.07, 6.45) is 2.77. The molecule has 0 N–H and O–H groups in total. The molecule has 0 aromatic rings. The van der Waals surface area contributed by atoms with Gasteiger partial charge in [0.05, 0.1) is 0 Å². The average molecular weight is 219 g/mol. The SMILES string of the molecule is CC(C)N(CCCl)CCN1CCCC1. The molecule has 3 heteroatoms. The number of hydrogen-bond acceptors (Lipinski definition) is 2. The van der Waals surface area contributed by atoms with Crippen molar-refractivity contribution in [2.24, 2.45) is 0 Å². The van der Waals surface area contributed by atoms with Gasteiger partial charge < -0.3 is 4.90 Å². The number of alkyl halides is 1. The maximum atomic E-state index is 5.78.